The maximum Gasteiger partial charge on any atom is 0.128 e. The van der Waals surface area contributed by atoms with Crippen molar-refractivity contribution in [2.24, 2.45) is 5.73 Å². The quantitative estimate of drug-likeness (QED) is 0.843. The molecule has 3 heteroatoms. The summed E-state index contributed by atoms with van der Waals surface area (Å²) in [5.74, 6) is 2.22. The van der Waals surface area contributed by atoms with E-state index in [4.69, 9.17) is 15.2 Å². The van der Waals surface area contributed by atoms with Crippen molar-refractivity contribution in [3.8, 4) is 11.5 Å². The van der Waals surface area contributed by atoms with E-state index in [9.17, 15) is 0 Å². The highest BCUT2D eigenvalue weighted by Crippen LogP contribution is 2.54. The molecule has 0 saturated heterocycles. The summed E-state index contributed by atoms with van der Waals surface area (Å²) in [7, 11) is 0. The third-order valence-electron chi connectivity index (χ3n) is 4.79. The Bertz CT molecular complexity index is 509. The molecule has 4 rings (SSSR count). The van der Waals surface area contributed by atoms with Crippen molar-refractivity contribution in [3.05, 3.63) is 22.3 Å². The second kappa shape index (κ2) is 3.89. The summed E-state index contributed by atoms with van der Waals surface area (Å²) in [4.78, 5) is 0. The van der Waals surface area contributed by atoms with E-state index >= 15 is 0 Å². The van der Waals surface area contributed by atoms with Gasteiger partial charge in [-0.05, 0) is 51.0 Å². The molecule has 2 aliphatic heterocycles. The van der Waals surface area contributed by atoms with E-state index in [0.717, 1.165) is 63.2 Å². The molecule has 3 aliphatic rings. The summed E-state index contributed by atoms with van der Waals surface area (Å²) < 4.78 is 12.0. The molecule has 0 spiro atoms. The zero-order chi connectivity index (χ0) is 13.0. The topological polar surface area (TPSA) is 44.5 Å². The molecule has 0 unspecified atom stereocenters. The first kappa shape index (κ1) is 11.6. The van der Waals surface area contributed by atoms with Gasteiger partial charge >= 0.3 is 0 Å². The van der Waals surface area contributed by atoms with Crippen LogP contribution in [0.15, 0.2) is 0 Å². The lowest BCUT2D eigenvalue weighted by molar-refractivity contribution is 0.264. The van der Waals surface area contributed by atoms with Crippen LogP contribution in [0.1, 0.15) is 47.9 Å². The fraction of sp³-hybridized carbons (Fsp3) is 0.625. The van der Waals surface area contributed by atoms with Crippen LogP contribution < -0.4 is 15.2 Å². The lowest BCUT2D eigenvalue weighted by Gasteiger charge is -2.32. The number of hydrogen-bond acceptors (Lipinski definition) is 3. The molecule has 1 aliphatic carbocycles. The maximum absolute atomic E-state index is 6.53. The minimum atomic E-state index is -0.139. The normalized spacial score (nSPS) is 22.8. The van der Waals surface area contributed by atoms with Crippen LogP contribution in [-0.2, 0) is 18.4 Å². The molecule has 0 amide bonds. The minimum Gasteiger partial charge on any atom is -0.493 e. The summed E-state index contributed by atoms with van der Waals surface area (Å²) in [5.41, 5.74) is 11.6. The van der Waals surface area contributed by atoms with Crippen LogP contribution in [0.4, 0.5) is 0 Å². The van der Waals surface area contributed by atoms with E-state index in [1.807, 2.05) is 0 Å². The minimum absolute atomic E-state index is 0.139. The van der Waals surface area contributed by atoms with Gasteiger partial charge in [0.05, 0.1) is 13.2 Å². The molecule has 0 atom stereocenters. The van der Waals surface area contributed by atoms with Crippen LogP contribution in [0.2, 0.25) is 0 Å². The molecule has 1 fully saturated rings. The van der Waals surface area contributed by atoms with Gasteiger partial charge < -0.3 is 15.2 Å². The fourth-order valence-electron chi connectivity index (χ4n) is 3.59. The maximum atomic E-state index is 6.53. The predicted molar refractivity (Wildman–Crippen MR) is 73.9 cm³/mol. The Morgan fingerprint density at radius 3 is 2.26 bits per heavy atom. The number of rotatable bonds is 1. The number of nitrogens with two attached hydrogens (primary N) is 1. The Hall–Kier alpha value is -1.22. The van der Waals surface area contributed by atoms with Crippen molar-refractivity contribution < 1.29 is 9.47 Å². The van der Waals surface area contributed by atoms with Crippen LogP contribution in [0.5, 0.6) is 11.5 Å². The lowest BCUT2D eigenvalue weighted by atomic mass is 9.85. The van der Waals surface area contributed by atoms with Crippen LogP contribution in [0.3, 0.4) is 0 Å². The molecule has 102 valence electrons. The van der Waals surface area contributed by atoms with Gasteiger partial charge in [-0.3, -0.25) is 0 Å². The second-order valence-corrected chi connectivity index (χ2v) is 6.18. The van der Waals surface area contributed by atoms with Crippen molar-refractivity contribution in [1.29, 1.82) is 0 Å². The highest BCUT2D eigenvalue weighted by Gasteiger charge is 2.46. The predicted octanol–water partition coefficient (Wildman–Crippen LogP) is 2.59. The van der Waals surface area contributed by atoms with Crippen molar-refractivity contribution >= 4 is 0 Å². The van der Waals surface area contributed by atoms with Gasteiger partial charge in [-0.1, -0.05) is 0 Å². The Morgan fingerprint density at radius 2 is 1.58 bits per heavy atom. The average Bonchev–Trinajstić information content (AvgIpc) is 3.18. The van der Waals surface area contributed by atoms with E-state index in [0.29, 0.717) is 0 Å². The van der Waals surface area contributed by atoms with Gasteiger partial charge in [-0.15, -0.1) is 0 Å². The zero-order valence-corrected chi connectivity index (χ0v) is 11.6. The second-order valence-electron chi connectivity index (χ2n) is 6.18. The first-order chi connectivity index (χ1) is 9.21. The summed E-state index contributed by atoms with van der Waals surface area (Å²) >= 11 is 0. The highest BCUT2D eigenvalue weighted by molar-refractivity contribution is 5.63. The van der Waals surface area contributed by atoms with Gasteiger partial charge in [0, 0.05) is 22.2 Å². The molecule has 0 bridgehead atoms. The number of hydrogen-bond donors (Lipinski definition) is 1. The Balaban J connectivity index is 2.01. The third-order valence-corrected chi connectivity index (χ3v) is 4.79. The van der Waals surface area contributed by atoms with Crippen LogP contribution in [0, 0.1) is 6.92 Å². The zero-order valence-electron chi connectivity index (χ0n) is 11.6. The largest absolute Gasteiger partial charge is 0.493 e. The first-order valence-electron chi connectivity index (χ1n) is 7.44. The summed E-state index contributed by atoms with van der Waals surface area (Å²) in [6, 6.07) is 0. The van der Waals surface area contributed by atoms with E-state index in [1.54, 1.807) is 0 Å². The fourth-order valence-corrected chi connectivity index (χ4v) is 3.59. The molecule has 2 heterocycles. The third kappa shape index (κ3) is 1.61. The van der Waals surface area contributed by atoms with Crippen LogP contribution >= 0.6 is 0 Å². The van der Waals surface area contributed by atoms with E-state index in [2.05, 4.69) is 6.92 Å². The molecule has 1 aromatic rings. The lowest BCUT2D eigenvalue weighted by Crippen LogP contribution is -2.27. The monoisotopic (exact) mass is 259 g/mol. The molecular formula is C16H21NO2. The van der Waals surface area contributed by atoms with Gasteiger partial charge in [0.25, 0.3) is 0 Å². The molecule has 0 aromatic heterocycles. The molecule has 1 saturated carbocycles. The molecule has 1 aromatic carbocycles. The van der Waals surface area contributed by atoms with Crippen LogP contribution in [0.25, 0.3) is 0 Å². The Morgan fingerprint density at radius 1 is 0.947 bits per heavy atom. The summed E-state index contributed by atoms with van der Waals surface area (Å²) in [6.07, 6.45) is 6.54. The van der Waals surface area contributed by atoms with Crippen LogP contribution in [-0.4, -0.2) is 13.2 Å². The Kier molecular flexibility index (Phi) is 2.37. The molecule has 3 nitrogen and oxygen atoms in total. The molecule has 19 heavy (non-hydrogen) atoms. The van der Waals surface area contributed by atoms with Gasteiger partial charge in [0.2, 0.25) is 0 Å². The molecule has 0 radical (unpaired) electrons. The molecular weight excluding hydrogens is 238 g/mol. The summed E-state index contributed by atoms with van der Waals surface area (Å²) in [6.45, 7) is 3.84. The van der Waals surface area contributed by atoms with Gasteiger partial charge in [0.1, 0.15) is 11.5 Å². The van der Waals surface area contributed by atoms with E-state index < -0.39 is 0 Å². The van der Waals surface area contributed by atoms with E-state index in [1.165, 1.54) is 22.3 Å². The van der Waals surface area contributed by atoms with Crippen molar-refractivity contribution in [2.45, 2.75) is 51.0 Å². The van der Waals surface area contributed by atoms with Crippen molar-refractivity contribution in [3.63, 3.8) is 0 Å². The number of benzene rings is 1. The SMILES string of the molecule is Cc1c2c(c(C3(N)CC3)c3c1OCCC3)OCCC2. The Labute approximate surface area is 114 Å². The highest BCUT2D eigenvalue weighted by atomic mass is 16.5. The van der Waals surface area contributed by atoms with E-state index in [-0.39, 0.29) is 5.54 Å². The average molecular weight is 259 g/mol. The smallest absolute Gasteiger partial charge is 0.128 e. The number of fused-ring (bicyclic) bond motifs is 2. The number of ether oxygens (including phenoxy) is 2. The van der Waals surface area contributed by atoms with Crippen molar-refractivity contribution in [1.82, 2.24) is 0 Å². The van der Waals surface area contributed by atoms with Gasteiger partial charge in [0.15, 0.2) is 0 Å². The van der Waals surface area contributed by atoms with Crippen molar-refractivity contribution in [2.75, 3.05) is 13.2 Å². The first-order valence-corrected chi connectivity index (χ1v) is 7.44. The standard InChI is InChI=1S/C16H21NO2/c1-10-11-4-2-9-19-15(11)13(16(17)6-7-16)12-5-3-8-18-14(10)12/h2-9,17H2,1H3. The van der Waals surface area contributed by atoms with Gasteiger partial charge in [-0.25, -0.2) is 0 Å². The summed E-state index contributed by atoms with van der Waals surface area (Å²) in [5, 5.41) is 0. The van der Waals surface area contributed by atoms with Gasteiger partial charge in [-0.2, -0.15) is 0 Å². The molecule has 2 N–H and O–H groups in total.